The molecule has 0 amide bonds. The zero-order valence-corrected chi connectivity index (χ0v) is 11.4. The van der Waals surface area contributed by atoms with Gasteiger partial charge in [-0.2, -0.15) is 0 Å². The SMILES string of the molecule is CCCN(Cc1cccc(C2CC2)c1)C1CNC1. The molecule has 2 heteroatoms. The average molecular weight is 244 g/mol. The molecule has 1 aromatic carbocycles. The first-order valence-electron chi connectivity index (χ1n) is 7.40. The summed E-state index contributed by atoms with van der Waals surface area (Å²) in [6.07, 6.45) is 4.04. The van der Waals surface area contributed by atoms with Crippen LogP contribution in [0, 0.1) is 0 Å². The molecule has 1 saturated carbocycles. The number of rotatable bonds is 6. The lowest BCUT2D eigenvalue weighted by Crippen LogP contribution is -2.56. The van der Waals surface area contributed by atoms with Crippen LogP contribution in [0.4, 0.5) is 0 Å². The van der Waals surface area contributed by atoms with E-state index in [1.54, 1.807) is 5.56 Å². The molecule has 2 fully saturated rings. The standard InChI is InChI=1S/C16H24N2/c1-2-8-18(16-10-17-11-16)12-13-4-3-5-15(9-13)14-6-7-14/h3-5,9,14,16-17H,2,6-8,10-12H2,1H3. The van der Waals surface area contributed by atoms with Gasteiger partial charge in [-0.25, -0.2) is 0 Å². The van der Waals surface area contributed by atoms with Crippen molar-refractivity contribution >= 4 is 0 Å². The van der Waals surface area contributed by atoms with Crippen LogP contribution in [-0.4, -0.2) is 30.6 Å². The Kier molecular flexibility index (Phi) is 3.67. The zero-order chi connectivity index (χ0) is 12.4. The molecule has 1 aromatic rings. The smallest absolute Gasteiger partial charge is 0.0348 e. The molecule has 0 aromatic heterocycles. The number of hydrogen-bond acceptors (Lipinski definition) is 2. The lowest BCUT2D eigenvalue weighted by atomic mass is 10.0. The summed E-state index contributed by atoms with van der Waals surface area (Å²) in [5, 5.41) is 3.38. The van der Waals surface area contributed by atoms with E-state index in [9.17, 15) is 0 Å². The fourth-order valence-electron chi connectivity index (χ4n) is 2.81. The van der Waals surface area contributed by atoms with Crippen LogP contribution in [0.1, 0.15) is 43.2 Å². The Bertz CT molecular complexity index is 394. The van der Waals surface area contributed by atoms with Gasteiger partial charge in [0, 0.05) is 25.7 Å². The lowest BCUT2D eigenvalue weighted by molar-refractivity contribution is 0.138. The van der Waals surface area contributed by atoms with Crippen LogP contribution in [0.15, 0.2) is 24.3 Å². The summed E-state index contributed by atoms with van der Waals surface area (Å²) >= 11 is 0. The quantitative estimate of drug-likeness (QED) is 0.828. The lowest BCUT2D eigenvalue weighted by Gasteiger charge is -2.38. The molecule has 1 aliphatic heterocycles. The van der Waals surface area contributed by atoms with Crippen molar-refractivity contribution in [2.24, 2.45) is 0 Å². The summed E-state index contributed by atoms with van der Waals surface area (Å²) in [5.74, 6) is 0.870. The normalized spacial score (nSPS) is 20.1. The van der Waals surface area contributed by atoms with Crippen molar-refractivity contribution in [3.63, 3.8) is 0 Å². The fraction of sp³-hybridized carbons (Fsp3) is 0.625. The molecule has 0 unspecified atom stereocenters. The summed E-state index contributed by atoms with van der Waals surface area (Å²) in [5.41, 5.74) is 3.07. The molecule has 2 nitrogen and oxygen atoms in total. The number of hydrogen-bond donors (Lipinski definition) is 1. The first kappa shape index (κ1) is 12.2. The van der Waals surface area contributed by atoms with Crippen molar-refractivity contribution in [3.8, 4) is 0 Å². The van der Waals surface area contributed by atoms with Crippen molar-refractivity contribution < 1.29 is 0 Å². The van der Waals surface area contributed by atoms with Crippen LogP contribution in [0.25, 0.3) is 0 Å². The van der Waals surface area contributed by atoms with Crippen molar-refractivity contribution in [2.45, 2.75) is 44.7 Å². The maximum Gasteiger partial charge on any atom is 0.0348 e. The Morgan fingerprint density at radius 1 is 1.28 bits per heavy atom. The van der Waals surface area contributed by atoms with E-state index in [0.717, 1.165) is 18.5 Å². The van der Waals surface area contributed by atoms with Crippen molar-refractivity contribution in [1.82, 2.24) is 10.2 Å². The third kappa shape index (κ3) is 2.76. The van der Waals surface area contributed by atoms with E-state index in [1.807, 2.05) is 0 Å². The van der Waals surface area contributed by atoms with E-state index in [-0.39, 0.29) is 0 Å². The van der Waals surface area contributed by atoms with Gasteiger partial charge in [0.15, 0.2) is 0 Å². The minimum absolute atomic E-state index is 0.759. The maximum atomic E-state index is 3.38. The van der Waals surface area contributed by atoms with E-state index >= 15 is 0 Å². The molecule has 0 atom stereocenters. The second-order valence-electron chi connectivity index (χ2n) is 5.80. The molecule has 98 valence electrons. The molecule has 1 heterocycles. The predicted molar refractivity (Wildman–Crippen MR) is 75.8 cm³/mol. The highest BCUT2D eigenvalue weighted by Gasteiger charge is 2.25. The van der Waals surface area contributed by atoms with Gasteiger partial charge < -0.3 is 5.32 Å². The monoisotopic (exact) mass is 244 g/mol. The van der Waals surface area contributed by atoms with Gasteiger partial charge in [-0.15, -0.1) is 0 Å². The number of benzene rings is 1. The molecule has 3 rings (SSSR count). The Labute approximate surface area is 110 Å². The third-order valence-corrected chi connectivity index (χ3v) is 4.17. The van der Waals surface area contributed by atoms with E-state index in [1.165, 1.54) is 44.5 Å². The van der Waals surface area contributed by atoms with Gasteiger partial charge in [0.25, 0.3) is 0 Å². The van der Waals surface area contributed by atoms with Crippen molar-refractivity contribution in [3.05, 3.63) is 35.4 Å². The Balaban J connectivity index is 1.66. The van der Waals surface area contributed by atoms with Gasteiger partial charge >= 0.3 is 0 Å². The third-order valence-electron chi connectivity index (χ3n) is 4.17. The molecular weight excluding hydrogens is 220 g/mol. The van der Waals surface area contributed by atoms with Gasteiger partial charge in [0.2, 0.25) is 0 Å². The van der Waals surface area contributed by atoms with Crippen molar-refractivity contribution in [1.29, 1.82) is 0 Å². The molecule has 2 aliphatic rings. The molecule has 1 aliphatic carbocycles. The molecule has 0 spiro atoms. The summed E-state index contributed by atoms with van der Waals surface area (Å²) < 4.78 is 0. The highest BCUT2D eigenvalue weighted by atomic mass is 15.2. The summed E-state index contributed by atoms with van der Waals surface area (Å²) in [7, 11) is 0. The molecule has 0 bridgehead atoms. The largest absolute Gasteiger partial charge is 0.314 e. The molecular formula is C16H24N2. The van der Waals surface area contributed by atoms with Crippen LogP contribution < -0.4 is 5.32 Å². The highest BCUT2D eigenvalue weighted by molar-refractivity contribution is 5.29. The second kappa shape index (κ2) is 5.41. The first-order valence-corrected chi connectivity index (χ1v) is 7.40. The topological polar surface area (TPSA) is 15.3 Å². The molecule has 1 N–H and O–H groups in total. The maximum absolute atomic E-state index is 3.38. The number of nitrogens with one attached hydrogen (secondary N) is 1. The van der Waals surface area contributed by atoms with Crippen LogP contribution in [0.3, 0.4) is 0 Å². The Morgan fingerprint density at radius 3 is 2.72 bits per heavy atom. The van der Waals surface area contributed by atoms with E-state index in [0.29, 0.717) is 0 Å². The number of nitrogens with zero attached hydrogens (tertiary/aromatic N) is 1. The zero-order valence-electron chi connectivity index (χ0n) is 11.4. The minimum atomic E-state index is 0.759. The van der Waals surface area contributed by atoms with Gasteiger partial charge in [-0.05, 0) is 42.9 Å². The van der Waals surface area contributed by atoms with Gasteiger partial charge in [-0.3, -0.25) is 4.90 Å². The minimum Gasteiger partial charge on any atom is -0.314 e. The van der Waals surface area contributed by atoms with E-state index in [2.05, 4.69) is 41.4 Å². The average Bonchev–Trinajstić information content (AvgIpc) is 3.11. The second-order valence-corrected chi connectivity index (χ2v) is 5.80. The summed E-state index contributed by atoms with van der Waals surface area (Å²) in [4.78, 5) is 2.64. The highest BCUT2D eigenvalue weighted by Crippen LogP contribution is 2.40. The fourth-order valence-corrected chi connectivity index (χ4v) is 2.81. The Morgan fingerprint density at radius 2 is 2.11 bits per heavy atom. The molecule has 0 radical (unpaired) electrons. The molecule has 1 saturated heterocycles. The van der Waals surface area contributed by atoms with Crippen LogP contribution in [0.2, 0.25) is 0 Å². The van der Waals surface area contributed by atoms with Crippen LogP contribution in [0.5, 0.6) is 0 Å². The summed E-state index contributed by atoms with van der Waals surface area (Å²) in [6.45, 7) is 6.96. The van der Waals surface area contributed by atoms with Gasteiger partial charge in [0.05, 0.1) is 0 Å². The van der Waals surface area contributed by atoms with E-state index < -0.39 is 0 Å². The predicted octanol–water partition coefficient (Wildman–Crippen LogP) is 2.75. The molecule has 18 heavy (non-hydrogen) atoms. The first-order chi connectivity index (χ1) is 8.86. The summed E-state index contributed by atoms with van der Waals surface area (Å²) in [6, 6.07) is 10.0. The Hall–Kier alpha value is -0.860. The van der Waals surface area contributed by atoms with Crippen LogP contribution in [-0.2, 0) is 6.54 Å². The van der Waals surface area contributed by atoms with Gasteiger partial charge in [0.1, 0.15) is 0 Å². The van der Waals surface area contributed by atoms with Crippen LogP contribution >= 0.6 is 0 Å². The van der Waals surface area contributed by atoms with Gasteiger partial charge in [-0.1, -0.05) is 31.2 Å². The van der Waals surface area contributed by atoms with Crippen molar-refractivity contribution in [2.75, 3.05) is 19.6 Å². The van der Waals surface area contributed by atoms with E-state index in [4.69, 9.17) is 0 Å².